The van der Waals surface area contributed by atoms with Crippen molar-refractivity contribution in [2.75, 3.05) is 11.9 Å². The highest BCUT2D eigenvalue weighted by Gasteiger charge is 2.20. The molecule has 0 aliphatic carbocycles. The Balaban J connectivity index is 2.14. The molecule has 28 heavy (non-hydrogen) atoms. The van der Waals surface area contributed by atoms with Crippen molar-refractivity contribution >= 4 is 39.4 Å². The summed E-state index contributed by atoms with van der Waals surface area (Å²) in [7, 11) is 0. The second kappa shape index (κ2) is 8.97. The van der Waals surface area contributed by atoms with Gasteiger partial charge in [0.25, 0.3) is 0 Å². The highest BCUT2D eigenvalue weighted by Crippen LogP contribution is 2.25. The van der Waals surface area contributed by atoms with Gasteiger partial charge >= 0.3 is 6.09 Å². The summed E-state index contributed by atoms with van der Waals surface area (Å²) in [5, 5.41) is 4.89. The zero-order valence-corrected chi connectivity index (χ0v) is 17.2. The van der Waals surface area contributed by atoms with Crippen molar-refractivity contribution in [1.82, 2.24) is 5.32 Å². The number of carbonyl (C=O) groups is 3. The minimum absolute atomic E-state index is 0.108. The van der Waals surface area contributed by atoms with Crippen LogP contribution in [0.1, 0.15) is 36.7 Å². The van der Waals surface area contributed by atoms with Crippen molar-refractivity contribution in [2.24, 2.45) is 0 Å². The normalized spacial score (nSPS) is 10.9. The minimum Gasteiger partial charge on any atom is -0.444 e. The summed E-state index contributed by atoms with van der Waals surface area (Å²) in [6.07, 6.45) is -0.735. The van der Waals surface area contributed by atoms with Crippen LogP contribution in [0.2, 0.25) is 0 Å². The standard InChI is InChI=1S/C20H20BrFN2O4/c1-20(2,3)28-19(27)23-11-17(25)24-16-9-8-12(21)10-14(16)18(26)13-6-4-5-7-15(13)22/h4-10H,11H2,1-3H3,(H,23,27)(H,24,25). The molecule has 0 saturated carbocycles. The maximum absolute atomic E-state index is 14.0. The van der Waals surface area contributed by atoms with Gasteiger partial charge in [-0.25, -0.2) is 9.18 Å². The number of carbonyl (C=O) groups excluding carboxylic acids is 3. The van der Waals surface area contributed by atoms with E-state index in [1.54, 1.807) is 32.9 Å². The number of benzene rings is 2. The van der Waals surface area contributed by atoms with Gasteiger partial charge in [0.2, 0.25) is 5.91 Å². The Labute approximate surface area is 170 Å². The molecule has 0 saturated heterocycles. The van der Waals surface area contributed by atoms with Crippen LogP contribution in [0.4, 0.5) is 14.9 Å². The lowest BCUT2D eigenvalue weighted by molar-refractivity contribution is -0.115. The number of hydrogen-bond donors (Lipinski definition) is 2. The van der Waals surface area contributed by atoms with Crippen molar-refractivity contribution in [1.29, 1.82) is 0 Å². The summed E-state index contributed by atoms with van der Waals surface area (Å²) in [6.45, 7) is 4.76. The Hall–Kier alpha value is -2.74. The third kappa shape index (κ3) is 6.16. The van der Waals surface area contributed by atoms with E-state index in [1.807, 2.05) is 0 Å². The maximum atomic E-state index is 14.0. The van der Waals surface area contributed by atoms with Crippen LogP contribution < -0.4 is 10.6 Å². The van der Waals surface area contributed by atoms with Gasteiger partial charge in [-0.05, 0) is 51.1 Å². The lowest BCUT2D eigenvalue weighted by Gasteiger charge is -2.19. The summed E-state index contributed by atoms with van der Waals surface area (Å²) >= 11 is 3.27. The number of nitrogens with one attached hydrogen (secondary N) is 2. The molecule has 8 heteroatoms. The fraction of sp³-hybridized carbons (Fsp3) is 0.250. The Morgan fingerprint density at radius 3 is 2.39 bits per heavy atom. The van der Waals surface area contributed by atoms with Gasteiger partial charge in [0.15, 0.2) is 5.78 Å². The summed E-state index contributed by atoms with van der Waals surface area (Å²) < 4.78 is 19.6. The Bertz CT molecular complexity index is 909. The van der Waals surface area contributed by atoms with Gasteiger partial charge in [-0.1, -0.05) is 28.1 Å². The SMILES string of the molecule is CC(C)(C)OC(=O)NCC(=O)Nc1ccc(Br)cc1C(=O)c1ccccc1F. The van der Waals surface area contributed by atoms with Gasteiger partial charge in [-0.3, -0.25) is 9.59 Å². The van der Waals surface area contributed by atoms with Crippen LogP contribution in [0, 0.1) is 5.82 Å². The molecule has 0 unspecified atom stereocenters. The van der Waals surface area contributed by atoms with Gasteiger partial charge < -0.3 is 15.4 Å². The van der Waals surface area contributed by atoms with Gasteiger partial charge in [-0.15, -0.1) is 0 Å². The van der Waals surface area contributed by atoms with E-state index in [2.05, 4.69) is 26.6 Å². The summed E-state index contributed by atoms with van der Waals surface area (Å²) in [5.74, 6) is -1.79. The number of rotatable bonds is 5. The highest BCUT2D eigenvalue weighted by molar-refractivity contribution is 9.10. The second-order valence-corrected chi connectivity index (χ2v) is 7.82. The van der Waals surface area contributed by atoms with Crippen LogP contribution in [0.25, 0.3) is 0 Å². The molecule has 0 spiro atoms. The third-order valence-electron chi connectivity index (χ3n) is 3.41. The number of ether oxygens (including phenoxy) is 1. The van der Waals surface area contributed by atoms with Crippen molar-refractivity contribution < 1.29 is 23.5 Å². The molecular formula is C20H20BrFN2O4. The predicted octanol–water partition coefficient (Wildman–Crippen LogP) is 4.28. The molecule has 2 aromatic carbocycles. The van der Waals surface area contributed by atoms with E-state index in [-0.39, 0.29) is 23.4 Å². The smallest absolute Gasteiger partial charge is 0.408 e. The van der Waals surface area contributed by atoms with Crippen LogP contribution in [0.15, 0.2) is 46.9 Å². The molecule has 0 aliphatic rings. The molecule has 0 aromatic heterocycles. The van der Waals surface area contributed by atoms with Crippen LogP contribution in [0.3, 0.4) is 0 Å². The Morgan fingerprint density at radius 2 is 1.75 bits per heavy atom. The Morgan fingerprint density at radius 1 is 1.07 bits per heavy atom. The number of halogens is 2. The quantitative estimate of drug-likeness (QED) is 0.665. The van der Waals surface area contributed by atoms with Crippen molar-refractivity contribution in [2.45, 2.75) is 26.4 Å². The Kier molecular flexibility index (Phi) is 6.90. The third-order valence-corrected chi connectivity index (χ3v) is 3.90. The van der Waals surface area contributed by atoms with Crippen molar-refractivity contribution in [3.63, 3.8) is 0 Å². The van der Waals surface area contributed by atoms with E-state index < -0.39 is 29.2 Å². The molecule has 0 atom stereocenters. The summed E-state index contributed by atoms with van der Waals surface area (Å²) in [4.78, 5) is 36.6. The fourth-order valence-corrected chi connectivity index (χ4v) is 2.63. The first-order valence-electron chi connectivity index (χ1n) is 8.42. The molecule has 0 radical (unpaired) electrons. The molecule has 2 rings (SSSR count). The lowest BCUT2D eigenvalue weighted by Crippen LogP contribution is -2.37. The van der Waals surface area contributed by atoms with Crippen molar-refractivity contribution in [3.05, 3.63) is 63.9 Å². The van der Waals surface area contributed by atoms with E-state index in [1.165, 1.54) is 30.3 Å². The minimum atomic E-state index is -0.735. The topological polar surface area (TPSA) is 84.5 Å². The van der Waals surface area contributed by atoms with E-state index in [0.29, 0.717) is 4.47 Å². The summed E-state index contributed by atoms with van der Waals surface area (Å²) in [5.41, 5.74) is -0.480. The molecule has 148 valence electrons. The zero-order chi connectivity index (χ0) is 20.9. The first-order chi connectivity index (χ1) is 13.1. The average molecular weight is 451 g/mol. The van der Waals surface area contributed by atoms with Gasteiger partial charge in [0.05, 0.1) is 11.3 Å². The maximum Gasteiger partial charge on any atom is 0.408 e. The van der Waals surface area contributed by atoms with Crippen molar-refractivity contribution in [3.8, 4) is 0 Å². The largest absolute Gasteiger partial charge is 0.444 e. The first-order valence-corrected chi connectivity index (χ1v) is 9.21. The molecule has 0 bridgehead atoms. The van der Waals surface area contributed by atoms with Crippen LogP contribution in [-0.2, 0) is 9.53 Å². The van der Waals surface area contributed by atoms with Gasteiger partial charge in [0.1, 0.15) is 18.0 Å². The molecule has 2 N–H and O–H groups in total. The van der Waals surface area contributed by atoms with E-state index in [9.17, 15) is 18.8 Å². The monoisotopic (exact) mass is 450 g/mol. The van der Waals surface area contributed by atoms with Crippen LogP contribution in [0.5, 0.6) is 0 Å². The second-order valence-electron chi connectivity index (χ2n) is 6.90. The van der Waals surface area contributed by atoms with Crippen LogP contribution in [-0.4, -0.2) is 29.9 Å². The number of ketones is 1. The average Bonchev–Trinajstić information content (AvgIpc) is 2.60. The van der Waals surface area contributed by atoms with Crippen LogP contribution >= 0.6 is 15.9 Å². The molecule has 2 amide bonds. The predicted molar refractivity (Wildman–Crippen MR) is 107 cm³/mol. The highest BCUT2D eigenvalue weighted by atomic mass is 79.9. The number of hydrogen-bond acceptors (Lipinski definition) is 4. The number of amides is 2. The van der Waals surface area contributed by atoms with Gasteiger partial charge in [0, 0.05) is 10.0 Å². The number of alkyl carbamates (subject to hydrolysis) is 1. The lowest BCUT2D eigenvalue weighted by atomic mass is 10.0. The first kappa shape index (κ1) is 21.6. The zero-order valence-electron chi connectivity index (χ0n) is 15.6. The molecule has 6 nitrogen and oxygen atoms in total. The van der Waals surface area contributed by atoms with Gasteiger partial charge in [-0.2, -0.15) is 0 Å². The fourth-order valence-electron chi connectivity index (χ4n) is 2.26. The van der Waals surface area contributed by atoms with E-state index in [0.717, 1.165) is 0 Å². The van der Waals surface area contributed by atoms with E-state index >= 15 is 0 Å². The molecule has 2 aromatic rings. The number of anilines is 1. The molecule has 0 fully saturated rings. The van der Waals surface area contributed by atoms with E-state index in [4.69, 9.17) is 4.74 Å². The molecular weight excluding hydrogens is 431 g/mol. The molecule has 0 heterocycles. The molecule has 0 aliphatic heterocycles. The summed E-state index contributed by atoms with van der Waals surface area (Å²) in [6, 6.07) is 10.2.